The number of benzene rings is 3. The summed E-state index contributed by atoms with van der Waals surface area (Å²) in [5.41, 5.74) is 1.86. The summed E-state index contributed by atoms with van der Waals surface area (Å²) in [5.74, 6) is 0.410. The van der Waals surface area contributed by atoms with Crippen LogP contribution in [0, 0.1) is 0 Å². The predicted molar refractivity (Wildman–Crippen MR) is 112 cm³/mol. The second kappa shape index (κ2) is 9.36. The minimum atomic E-state index is -3.64. The maximum atomic E-state index is 12.4. The van der Waals surface area contributed by atoms with E-state index in [1.165, 1.54) is 12.1 Å². The van der Waals surface area contributed by atoms with Gasteiger partial charge in [-0.15, -0.1) is 0 Å². The van der Waals surface area contributed by atoms with Gasteiger partial charge in [-0.25, -0.2) is 13.1 Å². The topological polar surface area (TPSA) is 84.5 Å². The van der Waals surface area contributed by atoms with Crippen LogP contribution in [0.2, 0.25) is 0 Å². The fourth-order valence-corrected chi connectivity index (χ4v) is 3.67. The lowest BCUT2D eigenvalue weighted by molar-refractivity contribution is 0.102. The van der Waals surface area contributed by atoms with Crippen LogP contribution in [0.25, 0.3) is 0 Å². The molecule has 0 aliphatic carbocycles. The zero-order valence-corrected chi connectivity index (χ0v) is 16.8. The summed E-state index contributed by atoms with van der Waals surface area (Å²) in [6.07, 6.45) is 0. The number of carbonyl (C=O) groups is 1. The van der Waals surface area contributed by atoms with E-state index in [1.54, 1.807) is 36.4 Å². The van der Waals surface area contributed by atoms with Crippen molar-refractivity contribution in [1.29, 1.82) is 0 Å². The number of hydrogen-bond acceptors (Lipinski definition) is 4. The Labute approximate surface area is 170 Å². The summed E-state index contributed by atoms with van der Waals surface area (Å²) in [7, 11) is -3.64. The Morgan fingerprint density at radius 3 is 2.17 bits per heavy atom. The highest BCUT2D eigenvalue weighted by Crippen LogP contribution is 2.17. The van der Waals surface area contributed by atoms with Crippen molar-refractivity contribution in [2.75, 3.05) is 11.9 Å². The molecule has 0 aromatic heterocycles. The van der Waals surface area contributed by atoms with Crippen molar-refractivity contribution in [2.45, 2.75) is 18.4 Å². The molecular weight excluding hydrogens is 388 g/mol. The van der Waals surface area contributed by atoms with E-state index in [-0.39, 0.29) is 17.3 Å². The molecule has 0 fully saturated rings. The Morgan fingerprint density at radius 2 is 1.55 bits per heavy atom. The van der Waals surface area contributed by atoms with Crippen molar-refractivity contribution in [2.24, 2.45) is 0 Å². The normalized spacial score (nSPS) is 11.1. The number of amides is 1. The number of rotatable bonds is 8. The predicted octanol–water partition coefficient (Wildman–Crippen LogP) is 3.82. The maximum Gasteiger partial charge on any atom is 0.255 e. The van der Waals surface area contributed by atoms with E-state index in [4.69, 9.17) is 4.74 Å². The molecule has 0 unspecified atom stereocenters. The summed E-state index contributed by atoms with van der Waals surface area (Å²) >= 11 is 0. The van der Waals surface area contributed by atoms with Crippen LogP contribution < -0.4 is 14.8 Å². The summed E-state index contributed by atoms with van der Waals surface area (Å²) in [6.45, 7) is 2.65. The summed E-state index contributed by atoms with van der Waals surface area (Å²) in [6, 6.07) is 22.1. The highest BCUT2D eigenvalue weighted by molar-refractivity contribution is 7.89. The molecule has 1 amide bonds. The molecule has 0 bridgehead atoms. The van der Waals surface area contributed by atoms with Gasteiger partial charge in [0, 0.05) is 17.8 Å². The van der Waals surface area contributed by atoms with Gasteiger partial charge in [-0.05, 0) is 61.0 Å². The van der Waals surface area contributed by atoms with Crippen LogP contribution in [0.1, 0.15) is 22.8 Å². The van der Waals surface area contributed by atoms with Gasteiger partial charge in [-0.2, -0.15) is 0 Å². The van der Waals surface area contributed by atoms with Crippen LogP contribution in [0.5, 0.6) is 5.75 Å². The quantitative estimate of drug-likeness (QED) is 0.591. The lowest BCUT2D eigenvalue weighted by Crippen LogP contribution is -2.23. The highest BCUT2D eigenvalue weighted by atomic mass is 32.2. The van der Waals surface area contributed by atoms with Crippen molar-refractivity contribution in [3.05, 3.63) is 90.0 Å². The van der Waals surface area contributed by atoms with E-state index in [0.29, 0.717) is 23.6 Å². The zero-order chi connectivity index (χ0) is 20.7. The fourth-order valence-electron chi connectivity index (χ4n) is 2.65. The van der Waals surface area contributed by atoms with Crippen LogP contribution in [0.15, 0.2) is 83.8 Å². The molecule has 3 aromatic carbocycles. The van der Waals surface area contributed by atoms with Gasteiger partial charge in [0.05, 0.1) is 11.5 Å². The molecule has 0 atom stereocenters. The van der Waals surface area contributed by atoms with Gasteiger partial charge >= 0.3 is 0 Å². The van der Waals surface area contributed by atoms with E-state index >= 15 is 0 Å². The molecule has 0 saturated heterocycles. The van der Waals surface area contributed by atoms with E-state index in [0.717, 1.165) is 5.56 Å². The Balaban J connectivity index is 1.62. The third-order valence-corrected chi connectivity index (χ3v) is 5.58. The number of nitrogens with one attached hydrogen (secondary N) is 2. The molecular formula is C22H22N2O4S. The van der Waals surface area contributed by atoms with Crippen LogP contribution in [0.3, 0.4) is 0 Å². The number of ether oxygens (including phenoxy) is 1. The molecule has 29 heavy (non-hydrogen) atoms. The molecule has 3 aromatic rings. The van der Waals surface area contributed by atoms with E-state index in [2.05, 4.69) is 10.0 Å². The van der Waals surface area contributed by atoms with E-state index in [9.17, 15) is 13.2 Å². The third kappa shape index (κ3) is 5.66. The molecule has 0 radical (unpaired) electrons. The van der Waals surface area contributed by atoms with Gasteiger partial charge in [-0.3, -0.25) is 4.79 Å². The Kier molecular flexibility index (Phi) is 6.64. The first-order valence-electron chi connectivity index (χ1n) is 9.16. The number of carbonyl (C=O) groups excluding carboxylic acids is 1. The zero-order valence-electron chi connectivity index (χ0n) is 16.0. The minimum Gasteiger partial charge on any atom is -0.494 e. The average Bonchev–Trinajstić information content (AvgIpc) is 2.74. The van der Waals surface area contributed by atoms with Gasteiger partial charge < -0.3 is 10.1 Å². The summed E-state index contributed by atoms with van der Waals surface area (Å²) in [4.78, 5) is 12.5. The second-order valence-electron chi connectivity index (χ2n) is 6.25. The number of sulfonamides is 1. The molecule has 150 valence electrons. The lowest BCUT2D eigenvalue weighted by Gasteiger charge is -2.09. The molecule has 0 spiro atoms. The van der Waals surface area contributed by atoms with Crippen LogP contribution in [-0.2, 0) is 16.6 Å². The smallest absolute Gasteiger partial charge is 0.255 e. The first-order chi connectivity index (χ1) is 14.0. The van der Waals surface area contributed by atoms with Gasteiger partial charge in [-0.1, -0.05) is 30.3 Å². The maximum absolute atomic E-state index is 12.4. The van der Waals surface area contributed by atoms with Gasteiger partial charge in [0.15, 0.2) is 0 Å². The van der Waals surface area contributed by atoms with Crippen LogP contribution in [-0.4, -0.2) is 20.9 Å². The van der Waals surface area contributed by atoms with Gasteiger partial charge in [0.1, 0.15) is 5.75 Å². The van der Waals surface area contributed by atoms with Gasteiger partial charge in [0.25, 0.3) is 5.91 Å². The minimum absolute atomic E-state index is 0.132. The Bertz CT molecular complexity index is 1050. The lowest BCUT2D eigenvalue weighted by atomic mass is 10.2. The van der Waals surface area contributed by atoms with Crippen LogP contribution >= 0.6 is 0 Å². The standard InChI is InChI=1S/C22H22N2O4S/c1-2-28-20-12-8-18(9-13-20)22(25)24-19-10-14-21(15-11-19)29(26,27)23-16-17-6-4-3-5-7-17/h3-15,23H,2,16H2,1H3,(H,24,25). The van der Waals surface area contributed by atoms with E-state index < -0.39 is 10.0 Å². The summed E-state index contributed by atoms with van der Waals surface area (Å²) < 4.78 is 32.8. The number of anilines is 1. The number of hydrogen-bond donors (Lipinski definition) is 2. The van der Waals surface area contributed by atoms with Gasteiger partial charge in [0.2, 0.25) is 10.0 Å². The van der Waals surface area contributed by atoms with Crippen molar-refractivity contribution < 1.29 is 17.9 Å². The Morgan fingerprint density at radius 1 is 0.897 bits per heavy atom. The average molecular weight is 410 g/mol. The molecule has 0 aliphatic heterocycles. The SMILES string of the molecule is CCOc1ccc(C(=O)Nc2ccc(S(=O)(=O)NCc3ccccc3)cc2)cc1. The van der Waals surface area contributed by atoms with Crippen molar-refractivity contribution >= 4 is 21.6 Å². The van der Waals surface area contributed by atoms with Crippen molar-refractivity contribution in [3.63, 3.8) is 0 Å². The third-order valence-electron chi connectivity index (χ3n) is 4.16. The summed E-state index contributed by atoms with van der Waals surface area (Å²) in [5, 5.41) is 2.75. The second-order valence-corrected chi connectivity index (χ2v) is 8.01. The van der Waals surface area contributed by atoms with Crippen molar-refractivity contribution in [1.82, 2.24) is 4.72 Å². The first-order valence-corrected chi connectivity index (χ1v) is 10.6. The monoisotopic (exact) mass is 410 g/mol. The first kappa shape index (κ1) is 20.6. The molecule has 6 nitrogen and oxygen atoms in total. The molecule has 7 heteroatoms. The molecule has 0 saturated carbocycles. The largest absolute Gasteiger partial charge is 0.494 e. The molecule has 0 heterocycles. The molecule has 3 rings (SSSR count). The molecule has 0 aliphatic rings. The van der Waals surface area contributed by atoms with Crippen molar-refractivity contribution in [3.8, 4) is 5.75 Å². The van der Waals surface area contributed by atoms with Crippen LogP contribution in [0.4, 0.5) is 5.69 Å². The highest BCUT2D eigenvalue weighted by Gasteiger charge is 2.14. The Hall–Kier alpha value is -3.16. The molecule has 2 N–H and O–H groups in total. The fraction of sp³-hybridized carbons (Fsp3) is 0.136. The van der Waals surface area contributed by atoms with E-state index in [1.807, 2.05) is 37.3 Å².